The Hall–Kier alpha value is -1.27. The van der Waals surface area contributed by atoms with Crippen LogP contribution >= 0.6 is 11.6 Å². The lowest BCUT2D eigenvalue weighted by atomic mass is 10.1. The molecule has 0 amide bonds. The third kappa shape index (κ3) is 1.66. The van der Waals surface area contributed by atoms with Crippen molar-refractivity contribution in [2.45, 2.75) is 6.42 Å². The molecule has 0 aliphatic heterocycles. The van der Waals surface area contributed by atoms with Crippen molar-refractivity contribution in [3.63, 3.8) is 0 Å². The van der Waals surface area contributed by atoms with Gasteiger partial charge in [0.25, 0.3) is 0 Å². The molecule has 1 rings (SSSR count). The van der Waals surface area contributed by atoms with Crippen molar-refractivity contribution < 1.29 is 4.39 Å². The zero-order chi connectivity index (χ0) is 9.14. The molecule has 0 saturated heterocycles. The molecule has 12 heavy (non-hydrogen) atoms. The molecule has 0 aliphatic carbocycles. The summed E-state index contributed by atoms with van der Waals surface area (Å²) in [4.78, 5) is 0. The maximum absolute atomic E-state index is 12.9. The van der Waals surface area contributed by atoms with Gasteiger partial charge in [-0.15, -0.1) is 0 Å². The Labute approximate surface area is 74.4 Å². The molecular weight excluding hydrogens is 179 g/mol. The van der Waals surface area contributed by atoms with E-state index >= 15 is 0 Å². The van der Waals surface area contributed by atoms with Crippen LogP contribution in [0, 0.1) is 17.1 Å². The summed E-state index contributed by atoms with van der Waals surface area (Å²) in [7, 11) is 0. The van der Waals surface area contributed by atoms with Crippen molar-refractivity contribution in [2.75, 3.05) is 5.73 Å². The predicted octanol–water partition coefficient (Wildman–Crippen LogP) is 2.13. The molecule has 2 nitrogen and oxygen atoms in total. The van der Waals surface area contributed by atoms with E-state index in [1.54, 1.807) is 0 Å². The second-order valence-electron chi connectivity index (χ2n) is 2.30. The first-order chi connectivity index (χ1) is 5.65. The van der Waals surface area contributed by atoms with Crippen LogP contribution < -0.4 is 5.73 Å². The van der Waals surface area contributed by atoms with E-state index in [2.05, 4.69) is 0 Å². The number of hydrogen-bond acceptors (Lipinski definition) is 2. The second-order valence-corrected chi connectivity index (χ2v) is 2.71. The number of rotatable bonds is 1. The van der Waals surface area contributed by atoms with Crippen molar-refractivity contribution in [3.05, 3.63) is 28.5 Å². The fourth-order valence-corrected chi connectivity index (χ4v) is 1.01. The average Bonchev–Trinajstić information content (AvgIpc) is 2.01. The van der Waals surface area contributed by atoms with Crippen LogP contribution in [-0.2, 0) is 6.42 Å². The van der Waals surface area contributed by atoms with Gasteiger partial charge in [0.15, 0.2) is 0 Å². The first kappa shape index (κ1) is 8.82. The number of hydrogen-bond donors (Lipinski definition) is 1. The van der Waals surface area contributed by atoms with E-state index in [1.807, 2.05) is 6.07 Å². The third-order valence-electron chi connectivity index (χ3n) is 1.44. The Kier molecular flexibility index (Phi) is 2.51. The molecule has 2 N–H and O–H groups in total. The fourth-order valence-electron chi connectivity index (χ4n) is 0.824. The Balaban J connectivity index is 3.16. The first-order valence-electron chi connectivity index (χ1n) is 3.25. The summed E-state index contributed by atoms with van der Waals surface area (Å²) in [5.41, 5.74) is 5.80. The van der Waals surface area contributed by atoms with E-state index < -0.39 is 5.82 Å². The van der Waals surface area contributed by atoms with Gasteiger partial charge in [0.1, 0.15) is 5.82 Å². The van der Waals surface area contributed by atoms with Crippen molar-refractivity contribution >= 4 is 17.3 Å². The highest BCUT2D eigenvalue weighted by molar-refractivity contribution is 6.33. The average molecular weight is 185 g/mol. The predicted molar refractivity (Wildman–Crippen MR) is 45.1 cm³/mol. The summed E-state index contributed by atoms with van der Waals surface area (Å²) in [5, 5.41) is 8.59. The highest BCUT2D eigenvalue weighted by Crippen LogP contribution is 2.22. The number of halogens is 2. The summed E-state index contributed by atoms with van der Waals surface area (Å²) in [6.07, 6.45) is 0.00579. The molecular formula is C8H6ClFN2. The van der Waals surface area contributed by atoms with Crippen molar-refractivity contribution in [1.82, 2.24) is 0 Å². The van der Waals surface area contributed by atoms with E-state index in [0.717, 1.165) is 6.07 Å². The first-order valence-corrected chi connectivity index (χ1v) is 3.63. The molecule has 0 spiro atoms. The van der Waals surface area contributed by atoms with Crippen molar-refractivity contribution in [1.29, 1.82) is 5.26 Å². The van der Waals surface area contributed by atoms with Gasteiger partial charge >= 0.3 is 0 Å². The Bertz CT molecular complexity index is 344. The molecule has 0 fully saturated rings. The minimum atomic E-state index is -0.488. The highest BCUT2D eigenvalue weighted by Gasteiger charge is 2.05. The smallest absolute Gasteiger partial charge is 0.129 e. The maximum Gasteiger partial charge on any atom is 0.129 e. The second kappa shape index (κ2) is 3.42. The molecule has 62 valence electrons. The SMILES string of the molecule is N#CCc1cc(Cl)c(N)cc1F. The van der Waals surface area contributed by atoms with Crippen LogP contribution in [0.5, 0.6) is 0 Å². The molecule has 0 heterocycles. The summed E-state index contributed by atoms with van der Waals surface area (Å²) >= 11 is 5.62. The largest absolute Gasteiger partial charge is 0.397 e. The standard InChI is InChI=1S/C8H6ClFN2/c9-6-3-5(1-2-11)7(10)4-8(6)12/h3-4H,1,12H2. The molecule has 1 aromatic rings. The van der Waals surface area contributed by atoms with Gasteiger partial charge in [0, 0.05) is 5.56 Å². The topological polar surface area (TPSA) is 49.8 Å². The van der Waals surface area contributed by atoms with Crippen LogP contribution in [0.3, 0.4) is 0 Å². The monoisotopic (exact) mass is 184 g/mol. The molecule has 0 saturated carbocycles. The summed E-state index contributed by atoms with van der Waals surface area (Å²) in [5.74, 6) is -0.488. The molecule has 1 aromatic carbocycles. The van der Waals surface area contributed by atoms with E-state index in [9.17, 15) is 4.39 Å². The van der Waals surface area contributed by atoms with Crippen LogP contribution in [0.2, 0.25) is 5.02 Å². The molecule has 0 aromatic heterocycles. The van der Waals surface area contributed by atoms with Crippen LogP contribution in [0.4, 0.5) is 10.1 Å². The Morgan fingerprint density at radius 1 is 1.58 bits per heavy atom. The van der Waals surface area contributed by atoms with Gasteiger partial charge in [-0.2, -0.15) is 5.26 Å². The van der Waals surface area contributed by atoms with Crippen LogP contribution in [0.25, 0.3) is 0 Å². The van der Waals surface area contributed by atoms with E-state index in [1.165, 1.54) is 6.07 Å². The van der Waals surface area contributed by atoms with Gasteiger partial charge in [-0.3, -0.25) is 0 Å². The van der Waals surface area contributed by atoms with Gasteiger partial charge in [-0.1, -0.05) is 11.6 Å². The normalized spacial score (nSPS) is 9.42. The van der Waals surface area contributed by atoms with Crippen molar-refractivity contribution in [2.24, 2.45) is 0 Å². The number of nitrogens with zero attached hydrogens (tertiary/aromatic N) is 1. The summed E-state index contributed by atoms with van der Waals surface area (Å²) < 4.78 is 12.9. The number of anilines is 1. The summed E-state index contributed by atoms with van der Waals surface area (Å²) in [6, 6.07) is 4.32. The Morgan fingerprint density at radius 2 is 2.25 bits per heavy atom. The minimum Gasteiger partial charge on any atom is -0.397 e. The van der Waals surface area contributed by atoms with Crippen LogP contribution in [-0.4, -0.2) is 0 Å². The number of nitriles is 1. The van der Waals surface area contributed by atoms with Gasteiger partial charge in [0.05, 0.1) is 23.2 Å². The van der Waals surface area contributed by atoms with E-state index in [-0.39, 0.29) is 22.7 Å². The van der Waals surface area contributed by atoms with E-state index in [4.69, 9.17) is 22.6 Å². The zero-order valence-electron chi connectivity index (χ0n) is 6.14. The van der Waals surface area contributed by atoms with Gasteiger partial charge in [-0.25, -0.2) is 4.39 Å². The van der Waals surface area contributed by atoms with Gasteiger partial charge in [0.2, 0.25) is 0 Å². The van der Waals surface area contributed by atoms with Crippen LogP contribution in [0.1, 0.15) is 5.56 Å². The molecule has 0 bridgehead atoms. The fraction of sp³-hybridized carbons (Fsp3) is 0.125. The third-order valence-corrected chi connectivity index (χ3v) is 1.76. The lowest BCUT2D eigenvalue weighted by Gasteiger charge is -2.01. The maximum atomic E-state index is 12.9. The number of nitrogens with two attached hydrogens (primary N) is 1. The summed E-state index contributed by atoms with van der Waals surface area (Å²) in [6.45, 7) is 0. The molecule has 4 heteroatoms. The minimum absolute atomic E-state index is 0.00579. The lowest BCUT2D eigenvalue weighted by molar-refractivity contribution is 0.616. The van der Waals surface area contributed by atoms with Crippen molar-refractivity contribution in [3.8, 4) is 6.07 Å². The lowest BCUT2D eigenvalue weighted by Crippen LogP contribution is -1.93. The van der Waals surface area contributed by atoms with Gasteiger partial charge in [-0.05, 0) is 12.1 Å². The quantitative estimate of drug-likeness (QED) is 0.680. The van der Waals surface area contributed by atoms with Gasteiger partial charge < -0.3 is 5.73 Å². The highest BCUT2D eigenvalue weighted by atomic mass is 35.5. The van der Waals surface area contributed by atoms with E-state index in [0.29, 0.717) is 0 Å². The van der Waals surface area contributed by atoms with Crippen LogP contribution in [0.15, 0.2) is 12.1 Å². The molecule has 0 unspecified atom stereocenters. The molecule has 0 aliphatic rings. The number of nitrogen functional groups attached to an aromatic ring is 1. The Morgan fingerprint density at radius 3 is 2.83 bits per heavy atom. The number of benzene rings is 1. The molecule has 0 radical (unpaired) electrons. The zero-order valence-corrected chi connectivity index (χ0v) is 6.90. The molecule has 0 atom stereocenters.